The molecule has 2 fully saturated rings. The van der Waals surface area contributed by atoms with Gasteiger partial charge in [-0.3, -0.25) is 9.59 Å². The monoisotopic (exact) mass is 396 g/mol. The predicted molar refractivity (Wildman–Crippen MR) is 101 cm³/mol. The first-order valence-electron chi connectivity index (χ1n) is 9.69. The Kier molecular flexibility index (Phi) is 5.86. The van der Waals surface area contributed by atoms with Gasteiger partial charge in [0, 0.05) is 29.0 Å². The molecule has 2 amide bonds. The van der Waals surface area contributed by atoms with E-state index in [0.717, 1.165) is 4.91 Å². The van der Waals surface area contributed by atoms with Gasteiger partial charge in [-0.15, -0.1) is 11.8 Å². The number of aliphatic hydroxyl groups excluding tert-OH is 1. The van der Waals surface area contributed by atoms with Crippen molar-refractivity contribution in [1.29, 1.82) is 0 Å². The molecular formula is C19H28N2O5S. The minimum absolute atomic E-state index is 0.00104. The highest BCUT2D eigenvalue weighted by molar-refractivity contribution is 8.03. The normalized spacial score (nSPS) is 31.1. The third-order valence-corrected chi connectivity index (χ3v) is 7.21. The maximum absolute atomic E-state index is 12.9. The number of β-lactam (4-membered cyclic amide) rings is 1. The molecule has 8 heteroatoms. The molecule has 2 saturated heterocycles. The standard InChI is InChI=1S/C19H28N2O5S/c1-5-11(6-2)26-19(25)16-17(27-12-7-13(23)20-8-12)9(3)15-14(10(4)22)18(24)21(15)16/h9-12,14-15,22H,5-8H2,1-4H3,(H,20,23)/t9-,10-,12-,14-,15-/m1/s1. The molecule has 0 saturated carbocycles. The van der Waals surface area contributed by atoms with Crippen molar-refractivity contribution in [1.82, 2.24) is 10.2 Å². The smallest absolute Gasteiger partial charge is 0.356 e. The van der Waals surface area contributed by atoms with Gasteiger partial charge in [0.1, 0.15) is 11.8 Å². The van der Waals surface area contributed by atoms with E-state index in [1.807, 2.05) is 20.8 Å². The molecule has 2 N–H and O–H groups in total. The molecule has 150 valence electrons. The fourth-order valence-electron chi connectivity index (χ4n) is 4.17. The van der Waals surface area contributed by atoms with E-state index in [0.29, 0.717) is 31.5 Å². The van der Waals surface area contributed by atoms with Gasteiger partial charge in [0.2, 0.25) is 11.8 Å². The van der Waals surface area contributed by atoms with Crippen LogP contribution in [0.3, 0.4) is 0 Å². The van der Waals surface area contributed by atoms with Crippen LogP contribution in [-0.4, -0.2) is 57.8 Å². The fourth-order valence-corrected chi connectivity index (χ4v) is 5.58. The highest BCUT2D eigenvalue weighted by atomic mass is 32.2. The molecule has 5 atom stereocenters. The molecular weight excluding hydrogens is 368 g/mol. The third-order valence-electron chi connectivity index (χ3n) is 5.72. The van der Waals surface area contributed by atoms with E-state index in [1.54, 1.807) is 6.92 Å². The van der Waals surface area contributed by atoms with Crippen molar-refractivity contribution in [2.75, 3.05) is 6.54 Å². The Morgan fingerprint density at radius 2 is 2.04 bits per heavy atom. The molecule has 3 aliphatic heterocycles. The first kappa shape index (κ1) is 20.2. The number of nitrogens with zero attached hydrogens (tertiary/aromatic N) is 1. The summed E-state index contributed by atoms with van der Waals surface area (Å²) in [6.45, 7) is 8.05. The van der Waals surface area contributed by atoms with Crippen LogP contribution in [0.25, 0.3) is 0 Å². The van der Waals surface area contributed by atoms with E-state index >= 15 is 0 Å². The van der Waals surface area contributed by atoms with Gasteiger partial charge in [-0.1, -0.05) is 20.8 Å². The van der Waals surface area contributed by atoms with Gasteiger partial charge in [-0.05, 0) is 19.8 Å². The maximum atomic E-state index is 12.9. The van der Waals surface area contributed by atoms with E-state index in [4.69, 9.17) is 4.74 Å². The molecule has 3 heterocycles. The lowest BCUT2D eigenvalue weighted by molar-refractivity contribution is -0.165. The van der Waals surface area contributed by atoms with Crippen LogP contribution in [0, 0.1) is 11.8 Å². The van der Waals surface area contributed by atoms with Crippen LogP contribution in [0.2, 0.25) is 0 Å². The van der Waals surface area contributed by atoms with Gasteiger partial charge in [-0.2, -0.15) is 0 Å². The molecule has 0 aromatic rings. The van der Waals surface area contributed by atoms with Gasteiger partial charge in [0.25, 0.3) is 0 Å². The summed E-state index contributed by atoms with van der Waals surface area (Å²) in [7, 11) is 0. The number of aliphatic hydroxyl groups is 1. The Labute approximate surface area is 163 Å². The summed E-state index contributed by atoms with van der Waals surface area (Å²) in [6.07, 6.45) is 0.861. The first-order valence-corrected chi connectivity index (χ1v) is 10.6. The summed E-state index contributed by atoms with van der Waals surface area (Å²) in [6, 6.07) is -0.227. The quantitative estimate of drug-likeness (QED) is 0.499. The molecule has 0 radical (unpaired) electrons. The Balaban J connectivity index is 1.89. The van der Waals surface area contributed by atoms with Gasteiger partial charge in [-0.25, -0.2) is 4.79 Å². The minimum Gasteiger partial charge on any atom is -0.458 e. The Bertz CT molecular complexity index is 673. The van der Waals surface area contributed by atoms with Crippen molar-refractivity contribution in [3.8, 4) is 0 Å². The molecule has 0 bridgehead atoms. The molecule has 0 unspecified atom stereocenters. The minimum atomic E-state index is -0.767. The average Bonchev–Trinajstić information content (AvgIpc) is 3.13. The van der Waals surface area contributed by atoms with E-state index in [1.165, 1.54) is 16.7 Å². The van der Waals surface area contributed by atoms with Gasteiger partial charge in [0.05, 0.1) is 18.1 Å². The SMILES string of the molecule is CCC(CC)OC(=O)C1=C(S[C@H]2CNC(=O)C2)[C@H](C)[C@@H]2[C@@H]([C@@H](C)O)C(=O)N12. The number of amides is 2. The molecule has 0 aliphatic carbocycles. The molecule has 7 nitrogen and oxygen atoms in total. The molecule has 0 spiro atoms. The number of thioether (sulfide) groups is 1. The lowest BCUT2D eigenvalue weighted by Gasteiger charge is -2.46. The number of carbonyl (C=O) groups is 3. The van der Waals surface area contributed by atoms with Crippen LogP contribution in [0.4, 0.5) is 0 Å². The highest BCUT2D eigenvalue weighted by Gasteiger charge is 2.60. The summed E-state index contributed by atoms with van der Waals surface area (Å²) in [5.74, 6) is -1.28. The first-order chi connectivity index (χ1) is 12.8. The fraction of sp³-hybridized carbons (Fsp3) is 0.737. The Morgan fingerprint density at radius 3 is 2.56 bits per heavy atom. The van der Waals surface area contributed by atoms with Crippen LogP contribution >= 0.6 is 11.8 Å². The number of nitrogens with one attached hydrogen (secondary N) is 1. The number of esters is 1. The largest absolute Gasteiger partial charge is 0.458 e. The molecule has 0 aromatic carbocycles. The lowest BCUT2D eigenvalue weighted by Crippen LogP contribution is -2.63. The average molecular weight is 397 g/mol. The van der Waals surface area contributed by atoms with E-state index in [-0.39, 0.29) is 35.1 Å². The van der Waals surface area contributed by atoms with Gasteiger partial charge < -0.3 is 20.1 Å². The van der Waals surface area contributed by atoms with Crippen molar-refractivity contribution < 1.29 is 24.2 Å². The second-order valence-electron chi connectivity index (χ2n) is 7.56. The number of rotatable bonds is 7. The summed E-state index contributed by atoms with van der Waals surface area (Å²) in [5.41, 5.74) is 0.311. The zero-order valence-corrected chi connectivity index (χ0v) is 17.0. The van der Waals surface area contributed by atoms with Crippen LogP contribution in [-0.2, 0) is 19.1 Å². The number of fused-ring (bicyclic) bond motifs is 1. The zero-order chi connectivity index (χ0) is 19.9. The maximum Gasteiger partial charge on any atom is 0.356 e. The zero-order valence-electron chi connectivity index (χ0n) is 16.2. The summed E-state index contributed by atoms with van der Waals surface area (Å²) in [5, 5.41) is 12.9. The second kappa shape index (κ2) is 7.83. The molecule has 27 heavy (non-hydrogen) atoms. The topological polar surface area (TPSA) is 95.9 Å². The summed E-state index contributed by atoms with van der Waals surface area (Å²) >= 11 is 1.49. The van der Waals surface area contributed by atoms with Gasteiger partial charge in [0.15, 0.2) is 0 Å². The number of hydrogen-bond donors (Lipinski definition) is 2. The molecule has 3 aliphatic rings. The van der Waals surface area contributed by atoms with Crippen LogP contribution in [0.5, 0.6) is 0 Å². The predicted octanol–water partition coefficient (Wildman–Crippen LogP) is 1.41. The second-order valence-corrected chi connectivity index (χ2v) is 8.90. The summed E-state index contributed by atoms with van der Waals surface area (Å²) in [4.78, 5) is 39.5. The molecule has 3 rings (SSSR count). The van der Waals surface area contributed by atoms with Crippen molar-refractivity contribution in [2.45, 2.75) is 70.5 Å². The Hall–Kier alpha value is -1.54. The Morgan fingerprint density at radius 1 is 1.37 bits per heavy atom. The lowest BCUT2D eigenvalue weighted by atomic mass is 9.79. The van der Waals surface area contributed by atoms with Crippen molar-refractivity contribution in [3.05, 3.63) is 10.6 Å². The van der Waals surface area contributed by atoms with Crippen LogP contribution in [0.1, 0.15) is 47.0 Å². The van der Waals surface area contributed by atoms with E-state index < -0.39 is 18.0 Å². The van der Waals surface area contributed by atoms with Crippen molar-refractivity contribution >= 4 is 29.5 Å². The highest BCUT2D eigenvalue weighted by Crippen LogP contribution is 2.52. The van der Waals surface area contributed by atoms with Crippen LogP contribution in [0.15, 0.2) is 10.6 Å². The number of hydrogen-bond acceptors (Lipinski definition) is 6. The van der Waals surface area contributed by atoms with Crippen molar-refractivity contribution in [2.24, 2.45) is 11.8 Å². The number of carbonyl (C=O) groups excluding carboxylic acids is 3. The van der Waals surface area contributed by atoms with Crippen LogP contribution < -0.4 is 5.32 Å². The summed E-state index contributed by atoms with van der Waals surface area (Å²) < 4.78 is 5.64. The molecule has 0 aromatic heterocycles. The third kappa shape index (κ3) is 3.49. The van der Waals surface area contributed by atoms with E-state index in [9.17, 15) is 19.5 Å². The number of ether oxygens (including phenoxy) is 1. The van der Waals surface area contributed by atoms with Gasteiger partial charge >= 0.3 is 5.97 Å². The van der Waals surface area contributed by atoms with E-state index in [2.05, 4.69) is 5.32 Å². The van der Waals surface area contributed by atoms with Crippen molar-refractivity contribution in [3.63, 3.8) is 0 Å².